The van der Waals surface area contributed by atoms with Crippen LogP contribution in [0.15, 0.2) is 60.7 Å². The fourth-order valence-corrected chi connectivity index (χ4v) is 4.86. The van der Waals surface area contributed by atoms with E-state index in [4.69, 9.17) is 0 Å². The summed E-state index contributed by atoms with van der Waals surface area (Å²) in [6.45, 7) is 4.24. The number of hydrogen-bond donors (Lipinski definition) is 2. The highest BCUT2D eigenvalue weighted by atomic mass is 31.1. The van der Waals surface area contributed by atoms with Crippen molar-refractivity contribution in [1.82, 2.24) is 5.09 Å². The highest BCUT2D eigenvalue weighted by Gasteiger charge is 2.30. The summed E-state index contributed by atoms with van der Waals surface area (Å²) in [6.07, 6.45) is 4.07. The quantitative estimate of drug-likeness (QED) is 0.560. The van der Waals surface area contributed by atoms with Crippen LogP contribution in [0.25, 0.3) is 0 Å². The van der Waals surface area contributed by atoms with E-state index in [2.05, 4.69) is 36.3 Å². The Morgan fingerprint density at radius 1 is 0.955 bits per heavy atom. The van der Waals surface area contributed by atoms with Crippen LogP contribution in [0.5, 0.6) is 0 Å². The number of nitrogens with one attached hydrogen (secondary N) is 1. The third-order valence-corrected chi connectivity index (χ3v) is 6.21. The van der Waals surface area contributed by atoms with Crippen LogP contribution >= 0.6 is 8.07 Å². The Hall–Kier alpha value is -1.21. The molecule has 22 heavy (non-hydrogen) atoms. The zero-order valence-corrected chi connectivity index (χ0v) is 14.4. The lowest BCUT2D eigenvalue weighted by atomic mass is 10.0. The predicted molar refractivity (Wildman–Crippen MR) is 96.5 cm³/mol. The molecule has 3 heteroatoms. The molecular weight excluding hydrogens is 289 g/mol. The van der Waals surface area contributed by atoms with Crippen molar-refractivity contribution >= 4 is 13.4 Å². The lowest BCUT2D eigenvalue weighted by Crippen LogP contribution is -2.40. The van der Waals surface area contributed by atoms with E-state index in [1.54, 1.807) is 0 Å². The molecule has 0 aliphatic heterocycles. The summed E-state index contributed by atoms with van der Waals surface area (Å²) in [4.78, 5) is 0. The van der Waals surface area contributed by atoms with Crippen molar-refractivity contribution in [3.8, 4) is 0 Å². The molecule has 2 nitrogen and oxygen atoms in total. The molecule has 0 heterocycles. The van der Waals surface area contributed by atoms with Gasteiger partial charge < -0.3 is 5.11 Å². The standard InChI is InChI=1S/C19H26NOP/c1-3-5-16-22(18-14-10-7-11-15-18)20-19(21,4-2)17-12-8-6-9-13-17/h6-15,20-21H,3-5,16H2,1-2H3. The fraction of sp³-hybridized carbons (Fsp3) is 0.368. The summed E-state index contributed by atoms with van der Waals surface area (Å²) in [5, 5.41) is 16.0. The largest absolute Gasteiger partial charge is 0.371 e. The summed E-state index contributed by atoms with van der Waals surface area (Å²) in [5.41, 5.74) is -0.0197. The smallest absolute Gasteiger partial charge is 0.145 e. The minimum Gasteiger partial charge on any atom is -0.371 e. The lowest BCUT2D eigenvalue weighted by molar-refractivity contribution is 0.0218. The zero-order valence-electron chi connectivity index (χ0n) is 13.5. The third-order valence-electron chi connectivity index (χ3n) is 3.89. The van der Waals surface area contributed by atoms with Gasteiger partial charge in [-0.2, -0.15) is 0 Å². The van der Waals surface area contributed by atoms with Crippen LogP contribution in [-0.2, 0) is 5.72 Å². The van der Waals surface area contributed by atoms with E-state index in [0.29, 0.717) is 6.42 Å². The van der Waals surface area contributed by atoms with Crippen molar-refractivity contribution < 1.29 is 5.11 Å². The minimum atomic E-state index is -0.962. The van der Waals surface area contributed by atoms with Crippen LogP contribution in [0.3, 0.4) is 0 Å². The van der Waals surface area contributed by atoms with Gasteiger partial charge in [0, 0.05) is 0 Å². The summed E-state index contributed by atoms with van der Waals surface area (Å²) in [6, 6.07) is 20.5. The van der Waals surface area contributed by atoms with E-state index in [1.165, 1.54) is 18.1 Å². The molecule has 2 rings (SSSR count). The second kappa shape index (κ2) is 8.43. The van der Waals surface area contributed by atoms with Gasteiger partial charge in [0.05, 0.1) is 0 Å². The number of benzene rings is 2. The number of hydrogen-bond acceptors (Lipinski definition) is 2. The van der Waals surface area contributed by atoms with Crippen LogP contribution in [0, 0.1) is 0 Å². The highest BCUT2D eigenvalue weighted by molar-refractivity contribution is 7.63. The predicted octanol–water partition coefficient (Wildman–Crippen LogP) is 4.35. The molecule has 0 saturated carbocycles. The number of rotatable bonds is 8. The molecule has 0 bridgehead atoms. The normalized spacial score (nSPS) is 15.2. The lowest BCUT2D eigenvalue weighted by Gasteiger charge is -2.34. The Balaban J connectivity index is 2.24. The third kappa shape index (κ3) is 4.39. The molecular formula is C19H26NOP. The molecule has 0 amide bonds. The summed E-state index contributed by atoms with van der Waals surface area (Å²) >= 11 is 0. The van der Waals surface area contributed by atoms with Crippen molar-refractivity contribution in [1.29, 1.82) is 0 Å². The molecule has 2 aromatic rings. The SMILES string of the molecule is CCCCP(NC(O)(CC)c1ccccc1)c1ccccc1. The van der Waals surface area contributed by atoms with Gasteiger partial charge in [-0.1, -0.05) is 80.9 Å². The number of aliphatic hydroxyl groups is 1. The van der Waals surface area contributed by atoms with Gasteiger partial charge in [-0.3, -0.25) is 5.09 Å². The van der Waals surface area contributed by atoms with E-state index < -0.39 is 13.8 Å². The maximum absolute atomic E-state index is 11.1. The van der Waals surface area contributed by atoms with Crippen molar-refractivity contribution in [2.75, 3.05) is 6.16 Å². The molecule has 0 aliphatic rings. The monoisotopic (exact) mass is 315 g/mol. The first-order chi connectivity index (χ1) is 10.7. The molecule has 0 aromatic heterocycles. The second-order valence-corrected chi connectivity index (χ2v) is 7.58. The first kappa shape index (κ1) is 17.1. The molecule has 0 saturated heterocycles. The first-order valence-electron chi connectivity index (χ1n) is 8.08. The van der Waals surface area contributed by atoms with Crippen LogP contribution in [0.4, 0.5) is 0 Å². The minimum absolute atomic E-state index is 0.579. The van der Waals surface area contributed by atoms with Gasteiger partial charge in [-0.15, -0.1) is 0 Å². The topological polar surface area (TPSA) is 32.3 Å². The maximum atomic E-state index is 11.1. The van der Waals surface area contributed by atoms with E-state index in [0.717, 1.165) is 11.7 Å². The molecule has 2 N–H and O–H groups in total. The van der Waals surface area contributed by atoms with Gasteiger partial charge in [0.2, 0.25) is 0 Å². The van der Waals surface area contributed by atoms with Crippen LogP contribution in [-0.4, -0.2) is 11.3 Å². The maximum Gasteiger partial charge on any atom is 0.145 e. The molecule has 2 atom stereocenters. The van der Waals surface area contributed by atoms with E-state index >= 15 is 0 Å². The van der Waals surface area contributed by atoms with Gasteiger partial charge in [0.25, 0.3) is 0 Å². The van der Waals surface area contributed by atoms with E-state index in [9.17, 15) is 5.11 Å². The Labute approximate surface area is 135 Å². The van der Waals surface area contributed by atoms with Gasteiger partial charge in [-0.25, -0.2) is 0 Å². The second-order valence-electron chi connectivity index (χ2n) is 5.53. The zero-order chi connectivity index (χ0) is 15.8. The van der Waals surface area contributed by atoms with Crippen molar-refractivity contribution in [3.05, 3.63) is 66.2 Å². The summed E-state index contributed by atoms with van der Waals surface area (Å²) < 4.78 is 0. The Morgan fingerprint density at radius 3 is 2.09 bits per heavy atom. The average molecular weight is 315 g/mol. The summed E-state index contributed by atoms with van der Waals surface area (Å²) in [5.74, 6) is 0. The van der Waals surface area contributed by atoms with Crippen LogP contribution in [0.2, 0.25) is 0 Å². The van der Waals surface area contributed by atoms with Crippen molar-refractivity contribution in [2.24, 2.45) is 0 Å². The van der Waals surface area contributed by atoms with Crippen molar-refractivity contribution in [2.45, 2.75) is 38.8 Å². The molecule has 0 aliphatic carbocycles. The van der Waals surface area contributed by atoms with Gasteiger partial charge >= 0.3 is 0 Å². The highest BCUT2D eigenvalue weighted by Crippen LogP contribution is 2.37. The molecule has 0 radical (unpaired) electrons. The molecule has 0 fully saturated rings. The Kier molecular flexibility index (Phi) is 6.57. The van der Waals surface area contributed by atoms with Crippen molar-refractivity contribution in [3.63, 3.8) is 0 Å². The molecule has 0 spiro atoms. The van der Waals surface area contributed by atoms with E-state index in [-0.39, 0.29) is 0 Å². The van der Waals surface area contributed by atoms with Crippen LogP contribution < -0.4 is 10.4 Å². The Morgan fingerprint density at radius 2 is 1.55 bits per heavy atom. The summed E-state index contributed by atoms with van der Waals surface area (Å²) in [7, 11) is -0.579. The molecule has 2 unspecified atom stereocenters. The van der Waals surface area contributed by atoms with Gasteiger partial charge in [-0.05, 0) is 37.9 Å². The van der Waals surface area contributed by atoms with E-state index in [1.807, 2.05) is 43.3 Å². The number of unbranched alkanes of at least 4 members (excludes halogenated alkanes) is 1. The first-order valence-corrected chi connectivity index (χ1v) is 9.60. The average Bonchev–Trinajstić information content (AvgIpc) is 2.60. The van der Waals surface area contributed by atoms with Crippen LogP contribution in [0.1, 0.15) is 38.7 Å². The Bertz CT molecular complexity index is 546. The molecule has 2 aromatic carbocycles. The fourth-order valence-electron chi connectivity index (χ4n) is 2.46. The molecule has 118 valence electrons. The van der Waals surface area contributed by atoms with Gasteiger partial charge in [0.15, 0.2) is 0 Å². The van der Waals surface area contributed by atoms with Gasteiger partial charge in [0.1, 0.15) is 5.72 Å².